The number of hydrogen-bond acceptors (Lipinski definition) is 1. The van der Waals surface area contributed by atoms with E-state index in [2.05, 4.69) is 0 Å². The van der Waals surface area contributed by atoms with Gasteiger partial charge in [0.2, 0.25) is 0 Å². The Kier molecular flexibility index (Phi) is 1.47. The molecule has 0 amide bonds. The van der Waals surface area contributed by atoms with Crippen LogP contribution in [0.15, 0.2) is 0 Å². The van der Waals surface area contributed by atoms with Gasteiger partial charge < -0.3 is 5.11 Å². The maximum absolute atomic E-state index is 10.3. The summed E-state index contributed by atoms with van der Waals surface area (Å²) < 4.78 is 79.7. The maximum Gasteiger partial charge on any atom is 0.381 e. The molecule has 0 bridgehead atoms. The van der Waals surface area contributed by atoms with Crippen LogP contribution in [0.3, 0.4) is 0 Å². The lowest BCUT2D eigenvalue weighted by molar-refractivity contribution is -0.130. The molecule has 0 aliphatic heterocycles. The van der Waals surface area contributed by atoms with E-state index in [0.717, 1.165) is 0 Å². The molecule has 64 valence electrons. The van der Waals surface area contributed by atoms with E-state index in [-0.39, 0.29) is 0 Å². The van der Waals surface area contributed by atoms with Crippen molar-refractivity contribution in [2.75, 3.05) is 0 Å². The fourth-order valence-electron chi connectivity index (χ4n) is 0.241. The SMILES string of the molecule is [2H]C([2H])([2H])C([2H])([2H])C([2H])([2H])C#CC([2H])([2H])C([2H])([2H])C#CC(=O)O. The number of aliphatic carboxylic acids is 1. The molecule has 0 heterocycles. The van der Waals surface area contributed by atoms with Crippen molar-refractivity contribution < 1.29 is 25.0 Å². The van der Waals surface area contributed by atoms with Crippen molar-refractivity contribution in [2.24, 2.45) is 0 Å². The minimum Gasteiger partial charge on any atom is -0.472 e. The topological polar surface area (TPSA) is 37.3 Å². The number of carbonyl (C=O) groups is 1. The highest BCUT2D eigenvalue weighted by Crippen LogP contribution is 1.86. The molecule has 2 nitrogen and oxygen atoms in total. The lowest BCUT2D eigenvalue weighted by Gasteiger charge is -1.79. The molecule has 0 aromatic carbocycles. The Morgan fingerprint density at radius 1 is 1.42 bits per heavy atom. The molecular weight excluding hydrogens is 152 g/mol. The molecule has 0 aromatic rings. The third-order valence-corrected chi connectivity index (χ3v) is 0.544. The molecule has 0 rings (SSSR count). The second-order valence-corrected chi connectivity index (χ2v) is 1.31. The van der Waals surface area contributed by atoms with Crippen LogP contribution >= 0.6 is 0 Å². The molecule has 1 N–H and O–H groups in total. The van der Waals surface area contributed by atoms with Gasteiger partial charge in [-0.15, -0.1) is 11.8 Å². The Morgan fingerprint density at radius 3 is 2.75 bits per heavy atom. The van der Waals surface area contributed by atoms with Gasteiger partial charge in [0.1, 0.15) is 0 Å². The first kappa shape index (κ1) is 2.30. The van der Waals surface area contributed by atoms with E-state index in [1.807, 2.05) is 0 Å². The van der Waals surface area contributed by atoms with Gasteiger partial charge in [0.25, 0.3) is 0 Å². The molecule has 0 radical (unpaired) electrons. The highest BCUT2D eigenvalue weighted by atomic mass is 16.4. The van der Waals surface area contributed by atoms with Crippen LogP contribution in [0.1, 0.15) is 47.4 Å². The van der Waals surface area contributed by atoms with Crippen molar-refractivity contribution in [3.63, 3.8) is 0 Å². The predicted octanol–water partition coefficient (Wildman–Crippen LogP) is 1.66. The lowest BCUT2D eigenvalue weighted by atomic mass is 10.3. The molecule has 0 aromatic heterocycles. The molecule has 12 heavy (non-hydrogen) atoms. The molecular formula is C10H12O2. The lowest BCUT2D eigenvalue weighted by Crippen LogP contribution is -1.86. The van der Waals surface area contributed by atoms with Crippen molar-refractivity contribution >= 4 is 5.97 Å². The quantitative estimate of drug-likeness (QED) is 0.648. The van der Waals surface area contributed by atoms with Crippen molar-refractivity contribution in [1.82, 2.24) is 0 Å². The second-order valence-electron chi connectivity index (χ2n) is 1.31. The highest BCUT2D eigenvalue weighted by molar-refractivity contribution is 5.86. The van der Waals surface area contributed by atoms with Crippen LogP contribution in [-0.4, -0.2) is 11.1 Å². The van der Waals surface area contributed by atoms with E-state index in [1.165, 1.54) is 23.7 Å². The van der Waals surface area contributed by atoms with Crippen molar-refractivity contribution in [3.8, 4) is 23.7 Å². The summed E-state index contributed by atoms with van der Waals surface area (Å²) in [6.45, 7) is -3.39. The molecule has 0 fully saturated rings. The van der Waals surface area contributed by atoms with Gasteiger partial charge in [0.15, 0.2) is 0 Å². The zero-order valence-corrected chi connectivity index (χ0v) is 5.86. The zero-order valence-electron chi connectivity index (χ0n) is 16.9. The predicted molar refractivity (Wildman–Crippen MR) is 47.3 cm³/mol. The minimum absolute atomic E-state index is 1.37. The second kappa shape index (κ2) is 7.69. The van der Waals surface area contributed by atoms with Crippen LogP contribution < -0.4 is 0 Å². The number of hydrogen-bond donors (Lipinski definition) is 1. The van der Waals surface area contributed by atoms with Crippen LogP contribution in [0, 0.1) is 23.7 Å². The summed E-state index contributed by atoms with van der Waals surface area (Å²) >= 11 is 0. The minimum atomic E-state index is -3.44. The molecule has 0 atom stereocenters. The van der Waals surface area contributed by atoms with Gasteiger partial charge in [-0.1, -0.05) is 12.8 Å². The first-order valence-electron chi connectivity index (χ1n) is 8.18. The Morgan fingerprint density at radius 2 is 2.08 bits per heavy atom. The Hall–Kier alpha value is -1.41. The Labute approximate surface area is 88.4 Å². The van der Waals surface area contributed by atoms with Gasteiger partial charge in [-0.05, 0) is 6.37 Å². The monoisotopic (exact) mass is 175 g/mol. The largest absolute Gasteiger partial charge is 0.472 e. The van der Waals surface area contributed by atoms with E-state index in [9.17, 15) is 4.79 Å². The first-order valence-corrected chi connectivity index (χ1v) is 2.68. The van der Waals surface area contributed by atoms with Gasteiger partial charge >= 0.3 is 5.97 Å². The normalized spacial score (nSPS) is 26.8. The van der Waals surface area contributed by atoms with Crippen LogP contribution in [0.4, 0.5) is 0 Å². The summed E-state index contributed by atoms with van der Waals surface area (Å²) in [6, 6.07) is 0. The maximum atomic E-state index is 10.3. The fourth-order valence-corrected chi connectivity index (χ4v) is 0.241. The number of carboxylic acids is 1. The summed E-state index contributed by atoms with van der Waals surface area (Å²) in [5.41, 5.74) is 0. The summed E-state index contributed by atoms with van der Waals surface area (Å²) in [4.78, 5) is 10.3. The Bertz CT molecular complexity index is 594. The average Bonchev–Trinajstić information content (AvgIpc) is 2.32. The third kappa shape index (κ3) is 8.59. The molecule has 0 spiro atoms. The number of rotatable bonds is 2. The molecule has 0 unspecified atom stereocenters. The summed E-state index contributed by atoms with van der Waals surface area (Å²) in [5, 5.41) is 8.33. The molecule has 0 aliphatic carbocycles. The van der Waals surface area contributed by atoms with Gasteiger partial charge in [-0.3, -0.25) is 0 Å². The van der Waals surface area contributed by atoms with Crippen LogP contribution in [0.25, 0.3) is 0 Å². The van der Waals surface area contributed by atoms with E-state index < -0.39 is 38.3 Å². The van der Waals surface area contributed by atoms with Gasteiger partial charge in [0.05, 0.1) is 0 Å². The third-order valence-electron chi connectivity index (χ3n) is 0.544. The van der Waals surface area contributed by atoms with Gasteiger partial charge in [0, 0.05) is 40.1 Å². The molecule has 2 heteroatoms. The molecule has 0 aliphatic rings. The van der Waals surface area contributed by atoms with Crippen LogP contribution in [-0.2, 0) is 4.79 Å². The first-order chi connectivity index (χ1) is 9.87. The summed E-state index contributed by atoms with van der Waals surface area (Å²) in [7, 11) is 0. The van der Waals surface area contributed by atoms with Crippen molar-refractivity contribution in [3.05, 3.63) is 0 Å². The number of carboxylic acid groups (broad SMARTS) is 1. The van der Waals surface area contributed by atoms with Crippen LogP contribution in [0.2, 0.25) is 0 Å². The average molecular weight is 175 g/mol. The van der Waals surface area contributed by atoms with Gasteiger partial charge in [-0.25, -0.2) is 4.79 Å². The zero-order chi connectivity index (χ0) is 18.9. The molecule has 0 saturated heterocycles. The standard InChI is InChI=1S/C10H12O2/c1-2-3-4-5-6-7-8-9-10(11)12/h2-3,6-7H2,1H3,(H,11,12)/i1D3,2D2,3D2,6D2,7D2. The van der Waals surface area contributed by atoms with E-state index in [1.54, 1.807) is 0 Å². The van der Waals surface area contributed by atoms with E-state index in [0.29, 0.717) is 0 Å². The fraction of sp³-hybridized carbons (Fsp3) is 0.500. The van der Waals surface area contributed by atoms with Crippen LogP contribution in [0.5, 0.6) is 0 Å². The van der Waals surface area contributed by atoms with Crippen molar-refractivity contribution in [1.29, 1.82) is 0 Å². The van der Waals surface area contributed by atoms with E-state index >= 15 is 0 Å². The van der Waals surface area contributed by atoms with Crippen molar-refractivity contribution in [2.45, 2.75) is 32.3 Å². The van der Waals surface area contributed by atoms with Gasteiger partial charge in [-0.2, -0.15) is 0 Å². The van der Waals surface area contributed by atoms with E-state index in [4.69, 9.17) is 20.2 Å². The summed E-state index contributed by atoms with van der Waals surface area (Å²) in [5.74, 6) is 4.08. The highest BCUT2D eigenvalue weighted by Gasteiger charge is 1.81. The summed E-state index contributed by atoms with van der Waals surface area (Å²) in [6.07, 6.45) is -13.0. The smallest absolute Gasteiger partial charge is 0.381 e. The Balaban J connectivity index is 5.80. The molecule has 0 saturated carbocycles.